The number of alkyl carbamates (subject to hydrolysis) is 1. The van der Waals surface area contributed by atoms with E-state index in [2.05, 4.69) is 38.0 Å². The molecule has 10 nitrogen and oxygen atoms in total. The molecule has 0 unspecified atom stereocenters. The minimum Gasteiger partial charge on any atom is -0.453 e. The van der Waals surface area contributed by atoms with Crippen LogP contribution < -0.4 is 15.5 Å². The molecule has 12 heteroatoms. The quantitative estimate of drug-likeness (QED) is 0.190. The van der Waals surface area contributed by atoms with Gasteiger partial charge in [0.2, 0.25) is 15.7 Å². The fraction of sp³-hybridized carbons (Fsp3) is 0.488. The SMILES string of the molecule is C=CC(=O)Nc1cccc(S(=O)(=O)c2ccc(N3CC[C@@H](CN4CCC([C@@](CN5CCC5)(c5cccc(F)c5)[C@H]5CCC[C@@H]5NC(=O)OC)CC4)C3)cc2)c1. The van der Waals surface area contributed by atoms with Gasteiger partial charge in [-0.1, -0.05) is 31.2 Å². The summed E-state index contributed by atoms with van der Waals surface area (Å²) in [6.07, 6.45) is 7.94. The molecule has 0 aromatic heterocycles. The Bertz CT molecular complexity index is 1950. The van der Waals surface area contributed by atoms with Crippen LogP contribution >= 0.6 is 0 Å². The molecule has 2 amide bonds. The number of carbonyl (C=O) groups excluding carboxylic acids is 2. The number of rotatable bonds is 13. The lowest BCUT2D eigenvalue weighted by atomic mass is 9.57. The zero-order valence-electron chi connectivity index (χ0n) is 31.8. The average molecular weight is 772 g/mol. The lowest BCUT2D eigenvalue weighted by Gasteiger charge is -2.53. The number of likely N-dealkylation sites (tertiary alicyclic amines) is 2. The van der Waals surface area contributed by atoms with E-state index in [1.165, 1.54) is 31.7 Å². The molecule has 0 radical (unpaired) electrons. The van der Waals surface area contributed by atoms with Gasteiger partial charge < -0.3 is 30.1 Å². The van der Waals surface area contributed by atoms with Gasteiger partial charge >= 0.3 is 6.09 Å². The maximum Gasteiger partial charge on any atom is 0.407 e. The highest BCUT2D eigenvalue weighted by atomic mass is 32.2. The van der Waals surface area contributed by atoms with Crippen molar-refractivity contribution in [2.45, 2.75) is 66.2 Å². The second kappa shape index (κ2) is 16.9. The number of hydrogen-bond donors (Lipinski definition) is 2. The molecule has 3 aliphatic heterocycles. The maximum atomic E-state index is 15.0. The summed E-state index contributed by atoms with van der Waals surface area (Å²) in [6, 6.07) is 20.6. The second-order valence-corrected chi connectivity index (χ2v) is 17.8. The summed E-state index contributed by atoms with van der Waals surface area (Å²) in [7, 11) is -2.36. The number of anilines is 2. The number of halogens is 1. The van der Waals surface area contributed by atoms with Crippen LogP contribution in [0.3, 0.4) is 0 Å². The summed E-state index contributed by atoms with van der Waals surface area (Å²) in [5.41, 5.74) is 2.18. The molecule has 3 aromatic rings. The molecule has 0 spiro atoms. The van der Waals surface area contributed by atoms with E-state index in [1.54, 1.807) is 30.3 Å². The van der Waals surface area contributed by atoms with E-state index >= 15 is 4.39 Å². The van der Waals surface area contributed by atoms with E-state index in [4.69, 9.17) is 4.74 Å². The Morgan fingerprint density at radius 3 is 2.35 bits per heavy atom. The summed E-state index contributed by atoms with van der Waals surface area (Å²) in [5.74, 6) is 0.411. The maximum absolute atomic E-state index is 15.0. The molecule has 4 aliphatic rings. The zero-order chi connectivity index (χ0) is 38.6. The molecule has 3 heterocycles. The van der Waals surface area contributed by atoms with Crippen molar-refractivity contribution in [1.82, 2.24) is 15.1 Å². The van der Waals surface area contributed by atoms with Crippen LogP contribution in [-0.4, -0.2) is 95.7 Å². The van der Waals surface area contributed by atoms with Gasteiger partial charge in [0.15, 0.2) is 0 Å². The standard InChI is InChI=1S/C43H54FN5O5S/c1-3-41(50)45-35-10-5-11-38(27-35)55(52,53)37-16-14-36(15-17-37)49-25-18-31(29-49)28-47-23-19-32(20-24-47)43(30-48-21-7-22-48,33-8-4-9-34(44)26-33)39-12-6-13-40(39)46-42(51)54-2/h3-5,8-11,14-17,26-27,31-32,39-40H,1,6-7,12-13,18-25,28-30H2,2H3,(H,45,50)(H,46,51)/t31-,39-,40-,43-/m0/s1. The van der Waals surface area contributed by atoms with Gasteiger partial charge in [-0.15, -0.1) is 0 Å². The molecule has 7 rings (SSSR count). The Balaban J connectivity index is 1.01. The number of piperidine rings is 1. The van der Waals surface area contributed by atoms with E-state index in [-0.39, 0.29) is 33.0 Å². The largest absolute Gasteiger partial charge is 0.453 e. The van der Waals surface area contributed by atoms with Gasteiger partial charge in [-0.2, -0.15) is 0 Å². The molecule has 1 aliphatic carbocycles. The van der Waals surface area contributed by atoms with Crippen molar-refractivity contribution in [3.8, 4) is 0 Å². The minimum absolute atomic E-state index is 0.0171. The van der Waals surface area contributed by atoms with Crippen molar-refractivity contribution in [1.29, 1.82) is 0 Å². The third-order valence-corrected chi connectivity index (χ3v) is 14.5. The highest BCUT2D eigenvalue weighted by Gasteiger charge is 2.53. The van der Waals surface area contributed by atoms with Crippen molar-refractivity contribution >= 4 is 33.2 Å². The smallest absolute Gasteiger partial charge is 0.407 e. The third-order valence-electron chi connectivity index (χ3n) is 12.7. The summed E-state index contributed by atoms with van der Waals surface area (Å²) in [5, 5.41) is 5.81. The summed E-state index contributed by atoms with van der Waals surface area (Å²) in [6.45, 7) is 11.2. The average Bonchev–Trinajstić information content (AvgIpc) is 3.85. The van der Waals surface area contributed by atoms with Gasteiger partial charge in [0, 0.05) is 49.0 Å². The number of ether oxygens (including phenoxy) is 1. The molecule has 2 N–H and O–H groups in total. The Labute approximate surface area is 325 Å². The highest BCUT2D eigenvalue weighted by molar-refractivity contribution is 7.91. The number of methoxy groups -OCH3 is 1. The number of hydrogen-bond acceptors (Lipinski definition) is 8. The zero-order valence-corrected chi connectivity index (χ0v) is 32.6. The molecule has 3 aromatic carbocycles. The highest BCUT2D eigenvalue weighted by Crippen LogP contribution is 2.51. The summed E-state index contributed by atoms with van der Waals surface area (Å²) < 4.78 is 47.0. The first-order chi connectivity index (χ1) is 26.6. The molecule has 0 bridgehead atoms. The predicted molar refractivity (Wildman–Crippen MR) is 212 cm³/mol. The summed E-state index contributed by atoms with van der Waals surface area (Å²) >= 11 is 0. The van der Waals surface area contributed by atoms with Crippen LogP contribution in [0, 0.1) is 23.6 Å². The fourth-order valence-corrected chi connectivity index (χ4v) is 11.2. The van der Waals surface area contributed by atoms with Crippen molar-refractivity contribution in [3.05, 3.63) is 96.8 Å². The molecule has 4 fully saturated rings. The normalized spacial score (nSPS) is 23.5. The van der Waals surface area contributed by atoms with Gasteiger partial charge in [0.05, 0.1) is 16.9 Å². The van der Waals surface area contributed by atoms with E-state index in [1.807, 2.05) is 18.2 Å². The van der Waals surface area contributed by atoms with Gasteiger partial charge in [-0.05, 0) is 149 Å². The van der Waals surface area contributed by atoms with Gasteiger partial charge in [-0.3, -0.25) is 4.79 Å². The van der Waals surface area contributed by atoms with Crippen LogP contribution in [0.4, 0.5) is 20.6 Å². The molecule has 1 saturated carbocycles. The van der Waals surface area contributed by atoms with Crippen LogP contribution in [-0.2, 0) is 24.8 Å². The lowest BCUT2D eigenvalue weighted by molar-refractivity contribution is -0.111. The van der Waals surface area contributed by atoms with Gasteiger partial charge in [0.1, 0.15) is 5.82 Å². The number of nitrogens with one attached hydrogen (secondary N) is 2. The fourth-order valence-electron chi connectivity index (χ4n) is 9.86. The molecule has 4 atom stereocenters. The summed E-state index contributed by atoms with van der Waals surface area (Å²) in [4.78, 5) is 32.1. The predicted octanol–water partition coefficient (Wildman–Crippen LogP) is 6.49. The van der Waals surface area contributed by atoms with Crippen LogP contribution in [0.15, 0.2) is 95.2 Å². The molecule has 55 heavy (non-hydrogen) atoms. The first kappa shape index (κ1) is 39.0. The van der Waals surface area contributed by atoms with Crippen molar-refractivity contribution in [2.24, 2.45) is 17.8 Å². The monoisotopic (exact) mass is 771 g/mol. The Kier molecular flexibility index (Phi) is 11.9. The van der Waals surface area contributed by atoms with Crippen LogP contribution in [0.1, 0.15) is 50.5 Å². The van der Waals surface area contributed by atoms with E-state index in [0.29, 0.717) is 17.5 Å². The topological polar surface area (TPSA) is 111 Å². The number of sulfone groups is 1. The van der Waals surface area contributed by atoms with Gasteiger partial charge in [-0.25, -0.2) is 17.6 Å². The Morgan fingerprint density at radius 2 is 1.65 bits per heavy atom. The Hall–Kier alpha value is -4.26. The van der Waals surface area contributed by atoms with E-state index < -0.39 is 21.8 Å². The van der Waals surface area contributed by atoms with Crippen molar-refractivity contribution in [3.63, 3.8) is 0 Å². The van der Waals surface area contributed by atoms with Crippen LogP contribution in [0.25, 0.3) is 0 Å². The van der Waals surface area contributed by atoms with Gasteiger partial charge in [0.25, 0.3) is 0 Å². The van der Waals surface area contributed by atoms with E-state index in [9.17, 15) is 18.0 Å². The molecule has 3 saturated heterocycles. The number of carbonyl (C=O) groups is 2. The van der Waals surface area contributed by atoms with Crippen LogP contribution in [0.5, 0.6) is 0 Å². The number of nitrogens with zero attached hydrogens (tertiary/aromatic N) is 3. The Morgan fingerprint density at radius 1 is 0.891 bits per heavy atom. The first-order valence-corrected chi connectivity index (χ1v) is 21.3. The lowest BCUT2D eigenvalue weighted by Crippen LogP contribution is -2.59. The number of amides is 2. The second-order valence-electron chi connectivity index (χ2n) is 15.9. The molecular weight excluding hydrogens is 718 g/mol. The number of benzene rings is 3. The molecular formula is C43H54FN5O5S. The third kappa shape index (κ3) is 8.46. The van der Waals surface area contributed by atoms with Crippen LogP contribution in [0.2, 0.25) is 0 Å². The van der Waals surface area contributed by atoms with Crippen molar-refractivity contribution < 1.29 is 27.1 Å². The van der Waals surface area contributed by atoms with Crippen molar-refractivity contribution in [2.75, 3.05) is 69.7 Å². The minimum atomic E-state index is -3.78. The van der Waals surface area contributed by atoms with E-state index in [0.717, 1.165) is 108 Å². The molecule has 294 valence electrons. The first-order valence-electron chi connectivity index (χ1n) is 19.8.